The van der Waals surface area contributed by atoms with Gasteiger partial charge in [0.05, 0.1) is 23.6 Å². The monoisotopic (exact) mass is 348 g/mol. The average Bonchev–Trinajstić information content (AvgIpc) is 3.22. The van der Waals surface area contributed by atoms with Crippen molar-refractivity contribution < 1.29 is 0 Å². The van der Waals surface area contributed by atoms with E-state index in [2.05, 4.69) is 58.6 Å². The van der Waals surface area contributed by atoms with E-state index in [4.69, 9.17) is 16.6 Å². The summed E-state index contributed by atoms with van der Waals surface area (Å²) in [6.45, 7) is 0.592. The van der Waals surface area contributed by atoms with Crippen LogP contribution in [0.4, 0.5) is 0 Å². The molecule has 4 heteroatoms. The quantitative estimate of drug-likeness (QED) is 0.420. The summed E-state index contributed by atoms with van der Waals surface area (Å²) in [5.41, 5.74) is 5.45. The average molecular weight is 349 g/mol. The van der Waals surface area contributed by atoms with Crippen LogP contribution in [-0.2, 0) is 6.54 Å². The molecular formula is C20H13ClN2S. The highest BCUT2D eigenvalue weighted by atomic mass is 35.5. The van der Waals surface area contributed by atoms with Crippen molar-refractivity contribution in [2.45, 2.75) is 6.54 Å². The molecular weight excluding hydrogens is 336 g/mol. The van der Waals surface area contributed by atoms with E-state index in [0.717, 1.165) is 33.2 Å². The molecule has 4 aromatic rings. The third-order valence-electron chi connectivity index (χ3n) is 4.47. The lowest BCUT2D eigenvalue weighted by Gasteiger charge is -2.11. The van der Waals surface area contributed by atoms with Crippen LogP contribution >= 0.6 is 22.9 Å². The zero-order valence-corrected chi connectivity index (χ0v) is 14.3. The first-order valence-electron chi connectivity index (χ1n) is 7.79. The first kappa shape index (κ1) is 14.0. The van der Waals surface area contributed by atoms with Gasteiger partial charge in [-0.2, -0.15) is 0 Å². The lowest BCUT2D eigenvalue weighted by molar-refractivity contribution is 1.02. The summed E-state index contributed by atoms with van der Waals surface area (Å²) in [5, 5.41) is 4.17. The maximum atomic E-state index is 6.42. The molecule has 3 heterocycles. The number of hydrogen-bond acceptors (Lipinski definition) is 2. The summed E-state index contributed by atoms with van der Waals surface area (Å²) < 4.78 is 3.47. The van der Waals surface area contributed by atoms with E-state index in [-0.39, 0.29) is 0 Å². The van der Waals surface area contributed by atoms with Crippen LogP contribution in [0.5, 0.6) is 0 Å². The minimum Gasteiger partial charge on any atom is -0.315 e. The third-order valence-corrected chi connectivity index (χ3v) is 5.70. The summed E-state index contributed by atoms with van der Waals surface area (Å²) >= 11 is 8.19. The molecule has 0 fully saturated rings. The predicted molar refractivity (Wildman–Crippen MR) is 102 cm³/mol. The van der Waals surface area contributed by atoms with Gasteiger partial charge in [-0.3, -0.25) is 4.99 Å². The molecule has 1 aliphatic rings. The van der Waals surface area contributed by atoms with Crippen molar-refractivity contribution in [3.63, 3.8) is 0 Å². The van der Waals surface area contributed by atoms with Crippen molar-refractivity contribution >= 4 is 38.7 Å². The number of fused-ring (bicyclic) bond motifs is 4. The normalized spacial score (nSPS) is 13.3. The van der Waals surface area contributed by atoms with Crippen LogP contribution < -0.4 is 0 Å². The van der Waals surface area contributed by atoms with Gasteiger partial charge in [-0.05, 0) is 47.2 Å². The number of halogens is 1. The standard InChI is InChI=1S/C20H13ClN2S/c21-16-3-1-4-17-15(16)12-22-20(18-5-2-9-23(17)18)14-7-6-13-8-10-24-19(13)11-14/h1-11H,12H2. The van der Waals surface area contributed by atoms with E-state index in [0.29, 0.717) is 6.54 Å². The molecule has 0 saturated carbocycles. The van der Waals surface area contributed by atoms with Gasteiger partial charge < -0.3 is 4.57 Å². The molecule has 0 amide bonds. The SMILES string of the molecule is Clc1cccc2c1CN=C(c1ccc3ccsc3c1)c1cccn1-2. The molecule has 2 nitrogen and oxygen atoms in total. The summed E-state index contributed by atoms with van der Waals surface area (Å²) in [4.78, 5) is 4.92. The lowest BCUT2D eigenvalue weighted by atomic mass is 10.1. The fraction of sp³-hybridized carbons (Fsp3) is 0.0500. The largest absolute Gasteiger partial charge is 0.315 e. The molecule has 2 aromatic heterocycles. The van der Waals surface area contributed by atoms with E-state index < -0.39 is 0 Å². The van der Waals surface area contributed by atoms with E-state index in [1.54, 1.807) is 11.3 Å². The minimum atomic E-state index is 0.592. The maximum absolute atomic E-state index is 6.42. The van der Waals surface area contributed by atoms with Gasteiger partial charge in [0.25, 0.3) is 0 Å². The fourth-order valence-corrected chi connectivity index (χ4v) is 4.35. The molecule has 0 radical (unpaired) electrons. The van der Waals surface area contributed by atoms with Gasteiger partial charge in [0.2, 0.25) is 0 Å². The van der Waals surface area contributed by atoms with Gasteiger partial charge in [0.15, 0.2) is 0 Å². The molecule has 0 N–H and O–H groups in total. The van der Waals surface area contributed by atoms with Crippen LogP contribution in [0, 0.1) is 0 Å². The number of rotatable bonds is 1. The third kappa shape index (κ3) is 2.05. The molecule has 0 atom stereocenters. The molecule has 0 saturated heterocycles. The Hall–Kier alpha value is -2.36. The number of nitrogens with zero attached hydrogens (tertiary/aromatic N) is 2. The van der Waals surface area contributed by atoms with Gasteiger partial charge in [0, 0.05) is 27.0 Å². The number of hydrogen-bond donors (Lipinski definition) is 0. The molecule has 0 spiro atoms. The van der Waals surface area contributed by atoms with Crippen LogP contribution in [-0.4, -0.2) is 10.3 Å². The second-order valence-electron chi connectivity index (χ2n) is 5.84. The van der Waals surface area contributed by atoms with E-state index in [1.807, 2.05) is 12.1 Å². The van der Waals surface area contributed by atoms with Crippen LogP contribution in [0.1, 0.15) is 16.8 Å². The van der Waals surface area contributed by atoms with Gasteiger partial charge in [0.1, 0.15) is 0 Å². The maximum Gasteiger partial charge on any atom is 0.0891 e. The van der Waals surface area contributed by atoms with Crippen LogP contribution in [0.3, 0.4) is 0 Å². The predicted octanol–water partition coefficient (Wildman–Crippen LogP) is 5.70. The number of benzene rings is 2. The minimum absolute atomic E-state index is 0.592. The Bertz CT molecular complexity index is 1100. The molecule has 0 aliphatic carbocycles. The Balaban J connectivity index is 1.75. The molecule has 116 valence electrons. The number of thiophene rings is 1. The second kappa shape index (κ2) is 5.33. The van der Waals surface area contributed by atoms with Gasteiger partial charge in [-0.1, -0.05) is 29.8 Å². The highest BCUT2D eigenvalue weighted by molar-refractivity contribution is 7.17. The highest BCUT2D eigenvalue weighted by Crippen LogP contribution is 2.30. The molecule has 1 aliphatic heterocycles. The van der Waals surface area contributed by atoms with Gasteiger partial charge >= 0.3 is 0 Å². The first-order chi connectivity index (χ1) is 11.8. The summed E-state index contributed by atoms with van der Waals surface area (Å²) in [6.07, 6.45) is 2.08. The van der Waals surface area contributed by atoms with E-state index >= 15 is 0 Å². The first-order valence-corrected chi connectivity index (χ1v) is 9.04. The van der Waals surface area contributed by atoms with Crippen LogP contribution in [0.2, 0.25) is 5.02 Å². The fourth-order valence-electron chi connectivity index (χ4n) is 3.29. The van der Waals surface area contributed by atoms with Crippen molar-refractivity contribution in [2.75, 3.05) is 0 Å². The summed E-state index contributed by atoms with van der Waals surface area (Å²) in [5.74, 6) is 0. The Morgan fingerprint density at radius 1 is 1.04 bits per heavy atom. The molecule has 5 rings (SSSR count). The zero-order chi connectivity index (χ0) is 16.1. The highest BCUT2D eigenvalue weighted by Gasteiger charge is 2.19. The van der Waals surface area contributed by atoms with Gasteiger partial charge in [-0.25, -0.2) is 0 Å². The number of aliphatic imine (C=N–C) groups is 1. The lowest BCUT2D eigenvalue weighted by Crippen LogP contribution is -2.08. The zero-order valence-electron chi connectivity index (χ0n) is 12.7. The Kier molecular flexibility index (Phi) is 3.12. The van der Waals surface area contributed by atoms with Crippen LogP contribution in [0.15, 0.2) is 71.2 Å². The van der Waals surface area contributed by atoms with E-state index in [1.165, 1.54) is 10.1 Å². The molecule has 0 unspecified atom stereocenters. The topological polar surface area (TPSA) is 17.3 Å². The smallest absolute Gasteiger partial charge is 0.0891 e. The van der Waals surface area contributed by atoms with Crippen molar-refractivity contribution in [1.29, 1.82) is 0 Å². The van der Waals surface area contributed by atoms with Crippen molar-refractivity contribution in [2.24, 2.45) is 4.99 Å². The van der Waals surface area contributed by atoms with Gasteiger partial charge in [-0.15, -0.1) is 11.3 Å². The second-order valence-corrected chi connectivity index (χ2v) is 7.19. The van der Waals surface area contributed by atoms with E-state index in [9.17, 15) is 0 Å². The van der Waals surface area contributed by atoms with Crippen molar-refractivity contribution in [1.82, 2.24) is 4.57 Å². The Morgan fingerprint density at radius 2 is 2.00 bits per heavy atom. The van der Waals surface area contributed by atoms with Crippen molar-refractivity contribution in [3.05, 3.63) is 88.0 Å². The number of aromatic nitrogens is 1. The van der Waals surface area contributed by atoms with Crippen LogP contribution in [0.25, 0.3) is 15.8 Å². The summed E-state index contributed by atoms with van der Waals surface area (Å²) in [6, 6.07) is 18.9. The summed E-state index contributed by atoms with van der Waals surface area (Å²) in [7, 11) is 0. The molecule has 24 heavy (non-hydrogen) atoms. The Morgan fingerprint density at radius 3 is 2.96 bits per heavy atom. The Labute approximate surface area is 148 Å². The molecule has 0 bridgehead atoms. The molecule has 2 aromatic carbocycles. The van der Waals surface area contributed by atoms with Crippen molar-refractivity contribution in [3.8, 4) is 5.69 Å².